The van der Waals surface area contributed by atoms with E-state index in [9.17, 15) is 4.79 Å². The number of methoxy groups -OCH3 is 1. The van der Waals surface area contributed by atoms with Crippen molar-refractivity contribution in [3.05, 3.63) is 53.1 Å². The van der Waals surface area contributed by atoms with Crippen molar-refractivity contribution < 1.29 is 9.53 Å². The predicted octanol–water partition coefficient (Wildman–Crippen LogP) is 4.44. The van der Waals surface area contributed by atoms with Gasteiger partial charge >= 0.3 is 0 Å². The first kappa shape index (κ1) is 18.3. The second-order valence-corrected chi connectivity index (χ2v) is 6.94. The van der Waals surface area contributed by atoms with Gasteiger partial charge in [-0.05, 0) is 67.6 Å². The fourth-order valence-electron chi connectivity index (χ4n) is 3.70. The highest BCUT2D eigenvalue weighted by Gasteiger charge is 2.27. The van der Waals surface area contributed by atoms with Crippen molar-refractivity contribution in [1.29, 1.82) is 0 Å². The molecule has 0 fully saturated rings. The van der Waals surface area contributed by atoms with Gasteiger partial charge in [0.25, 0.3) is 5.91 Å². The average Bonchev–Trinajstić information content (AvgIpc) is 2.68. The molecule has 0 unspecified atom stereocenters. The topological polar surface area (TPSA) is 32.8 Å². The Morgan fingerprint density at radius 2 is 1.92 bits per heavy atom. The first-order chi connectivity index (χ1) is 12.6. The molecule has 1 aliphatic heterocycles. The number of ether oxygens (including phenoxy) is 1. The number of nitrogens with zero attached hydrogens (tertiary/aromatic N) is 2. The Morgan fingerprint density at radius 3 is 2.58 bits per heavy atom. The molecule has 1 aliphatic rings. The minimum absolute atomic E-state index is 0.0412. The van der Waals surface area contributed by atoms with Gasteiger partial charge in [-0.1, -0.05) is 13.0 Å². The molecule has 1 heterocycles. The molecular weight excluding hydrogens is 324 g/mol. The molecule has 0 saturated carbocycles. The molecule has 0 radical (unpaired) electrons. The molecule has 0 bridgehead atoms. The van der Waals surface area contributed by atoms with Gasteiger partial charge in [0.15, 0.2) is 0 Å². The van der Waals surface area contributed by atoms with Crippen molar-refractivity contribution in [3.63, 3.8) is 0 Å². The molecule has 0 aromatic heterocycles. The third kappa shape index (κ3) is 3.41. The summed E-state index contributed by atoms with van der Waals surface area (Å²) in [4.78, 5) is 17.3. The maximum atomic E-state index is 13.2. The third-order valence-corrected chi connectivity index (χ3v) is 5.14. The summed E-state index contributed by atoms with van der Waals surface area (Å²) in [5.74, 6) is 0.817. The van der Waals surface area contributed by atoms with E-state index in [1.165, 1.54) is 11.1 Å². The molecular formula is C22H28N2O2. The normalized spacial score (nSPS) is 13.3. The van der Waals surface area contributed by atoms with Crippen LogP contribution in [0.25, 0.3) is 0 Å². The van der Waals surface area contributed by atoms with Crippen LogP contribution in [0.4, 0.5) is 11.4 Å². The number of amides is 1. The van der Waals surface area contributed by atoms with Crippen LogP contribution in [-0.4, -0.2) is 33.2 Å². The maximum absolute atomic E-state index is 13.2. The Hall–Kier alpha value is -2.49. The highest BCUT2D eigenvalue weighted by molar-refractivity contribution is 6.08. The molecule has 4 nitrogen and oxygen atoms in total. The van der Waals surface area contributed by atoms with Gasteiger partial charge in [0.05, 0.1) is 12.8 Å². The van der Waals surface area contributed by atoms with Crippen molar-refractivity contribution in [2.24, 2.45) is 0 Å². The number of rotatable bonds is 5. The highest BCUT2D eigenvalue weighted by Crippen LogP contribution is 2.39. The molecule has 26 heavy (non-hydrogen) atoms. The number of anilines is 2. The molecule has 2 aromatic carbocycles. The van der Waals surface area contributed by atoms with Crippen LogP contribution in [-0.2, 0) is 6.42 Å². The van der Waals surface area contributed by atoms with Crippen LogP contribution in [0, 0.1) is 6.92 Å². The highest BCUT2D eigenvalue weighted by atomic mass is 16.5. The number of aryl methyl sites for hydroxylation is 1. The lowest BCUT2D eigenvalue weighted by atomic mass is 9.95. The van der Waals surface area contributed by atoms with Crippen molar-refractivity contribution >= 4 is 17.3 Å². The monoisotopic (exact) mass is 352 g/mol. The molecule has 4 heteroatoms. The van der Waals surface area contributed by atoms with E-state index in [2.05, 4.69) is 31.9 Å². The Balaban J connectivity index is 1.91. The number of benzene rings is 2. The lowest BCUT2D eigenvalue weighted by Gasteiger charge is -2.32. The Morgan fingerprint density at radius 1 is 1.19 bits per heavy atom. The zero-order valence-corrected chi connectivity index (χ0v) is 16.2. The van der Waals surface area contributed by atoms with Crippen molar-refractivity contribution in [1.82, 2.24) is 0 Å². The summed E-state index contributed by atoms with van der Waals surface area (Å²) in [6, 6.07) is 12.0. The van der Waals surface area contributed by atoms with Crippen molar-refractivity contribution in [2.75, 3.05) is 37.0 Å². The number of hydrogen-bond acceptors (Lipinski definition) is 3. The lowest BCUT2D eigenvalue weighted by Crippen LogP contribution is -2.36. The van der Waals surface area contributed by atoms with Crippen LogP contribution in [0.5, 0.6) is 5.75 Å². The Bertz CT molecular complexity index is 783. The van der Waals surface area contributed by atoms with E-state index in [1.807, 2.05) is 35.2 Å². The van der Waals surface area contributed by atoms with Crippen LogP contribution in [0.1, 0.15) is 41.3 Å². The first-order valence-electron chi connectivity index (χ1n) is 9.36. The zero-order chi connectivity index (χ0) is 18.7. The van der Waals surface area contributed by atoms with Gasteiger partial charge in [0.2, 0.25) is 0 Å². The summed E-state index contributed by atoms with van der Waals surface area (Å²) in [6.07, 6.45) is 3.06. The number of fused-ring (bicyclic) bond motifs is 1. The molecule has 0 spiro atoms. The van der Waals surface area contributed by atoms with Crippen LogP contribution in [0.2, 0.25) is 0 Å². The quantitative estimate of drug-likeness (QED) is 0.797. The lowest BCUT2D eigenvalue weighted by molar-refractivity contribution is 0.0984. The van der Waals surface area contributed by atoms with Gasteiger partial charge in [-0.2, -0.15) is 0 Å². The van der Waals surface area contributed by atoms with Gasteiger partial charge in [0, 0.05) is 31.4 Å². The second-order valence-electron chi connectivity index (χ2n) is 6.94. The minimum Gasteiger partial charge on any atom is -0.495 e. The van der Waals surface area contributed by atoms with E-state index in [-0.39, 0.29) is 5.91 Å². The Kier molecular flexibility index (Phi) is 5.50. The summed E-state index contributed by atoms with van der Waals surface area (Å²) < 4.78 is 5.56. The number of hydrogen-bond donors (Lipinski definition) is 0. The summed E-state index contributed by atoms with van der Waals surface area (Å²) in [5, 5.41) is 0. The van der Waals surface area contributed by atoms with Gasteiger partial charge in [-0.25, -0.2) is 0 Å². The first-order valence-corrected chi connectivity index (χ1v) is 9.36. The van der Waals surface area contributed by atoms with E-state index < -0.39 is 0 Å². The van der Waals surface area contributed by atoms with Gasteiger partial charge in [0.1, 0.15) is 5.75 Å². The standard InChI is InChI=1S/C22H28N2O2/c1-5-14-23(3)18-11-9-17(10-12-18)22(25)24-15-6-7-19-16(2)8-13-20(26-4)21(19)24/h8-13H,5-7,14-15H2,1-4H3. The van der Waals surface area contributed by atoms with Crippen LogP contribution in [0.3, 0.4) is 0 Å². The maximum Gasteiger partial charge on any atom is 0.258 e. The molecule has 0 N–H and O–H groups in total. The van der Waals surface area contributed by atoms with E-state index in [4.69, 9.17) is 4.74 Å². The largest absolute Gasteiger partial charge is 0.495 e. The zero-order valence-electron chi connectivity index (χ0n) is 16.2. The van der Waals surface area contributed by atoms with E-state index in [1.54, 1.807) is 7.11 Å². The number of carbonyl (C=O) groups is 1. The molecule has 2 aromatic rings. The van der Waals surface area contributed by atoms with E-state index >= 15 is 0 Å². The summed E-state index contributed by atoms with van der Waals surface area (Å²) >= 11 is 0. The molecule has 1 amide bonds. The smallest absolute Gasteiger partial charge is 0.258 e. The fraction of sp³-hybridized carbons (Fsp3) is 0.409. The van der Waals surface area contributed by atoms with Crippen LogP contribution in [0.15, 0.2) is 36.4 Å². The van der Waals surface area contributed by atoms with Gasteiger partial charge in [-0.3, -0.25) is 4.79 Å². The summed E-state index contributed by atoms with van der Waals surface area (Å²) in [5.41, 5.74) is 5.24. The molecule has 0 aliphatic carbocycles. The molecule has 0 atom stereocenters. The van der Waals surface area contributed by atoms with E-state index in [0.29, 0.717) is 0 Å². The molecule has 138 valence electrons. The number of carbonyl (C=O) groups excluding carboxylic acids is 1. The van der Waals surface area contributed by atoms with Crippen molar-refractivity contribution in [3.8, 4) is 5.75 Å². The fourth-order valence-corrected chi connectivity index (χ4v) is 3.70. The van der Waals surface area contributed by atoms with Crippen LogP contribution < -0.4 is 14.5 Å². The van der Waals surface area contributed by atoms with Gasteiger partial charge < -0.3 is 14.5 Å². The third-order valence-electron chi connectivity index (χ3n) is 5.14. The predicted molar refractivity (Wildman–Crippen MR) is 108 cm³/mol. The minimum atomic E-state index is 0.0412. The van der Waals surface area contributed by atoms with Crippen LogP contribution >= 0.6 is 0 Å². The van der Waals surface area contributed by atoms with Gasteiger partial charge in [-0.15, -0.1) is 0 Å². The summed E-state index contributed by atoms with van der Waals surface area (Å²) in [7, 11) is 3.75. The summed E-state index contributed by atoms with van der Waals surface area (Å²) in [6.45, 7) is 5.99. The molecule has 0 saturated heterocycles. The average molecular weight is 352 g/mol. The molecule has 3 rings (SSSR count). The SMILES string of the molecule is CCCN(C)c1ccc(C(=O)N2CCCc3c(C)ccc(OC)c32)cc1. The second kappa shape index (κ2) is 7.81. The Labute approximate surface area is 156 Å². The van der Waals surface area contributed by atoms with Crippen molar-refractivity contribution in [2.45, 2.75) is 33.1 Å². The van der Waals surface area contributed by atoms with E-state index in [0.717, 1.165) is 55.0 Å².